The molecule has 6 heteroatoms. The summed E-state index contributed by atoms with van der Waals surface area (Å²) in [4.78, 5) is 19.0. The summed E-state index contributed by atoms with van der Waals surface area (Å²) in [6.07, 6.45) is 3.45. The molecule has 0 bridgehead atoms. The van der Waals surface area contributed by atoms with Crippen molar-refractivity contribution < 1.29 is 9.18 Å². The van der Waals surface area contributed by atoms with E-state index in [1.54, 1.807) is 23.1 Å². The third-order valence-corrected chi connectivity index (χ3v) is 4.75. The van der Waals surface area contributed by atoms with Crippen LogP contribution >= 0.6 is 11.3 Å². The van der Waals surface area contributed by atoms with E-state index in [1.807, 2.05) is 0 Å². The third-order valence-electron chi connectivity index (χ3n) is 3.73. The predicted molar refractivity (Wildman–Crippen MR) is 80.6 cm³/mol. The topological polar surface area (TPSA) is 59.2 Å². The van der Waals surface area contributed by atoms with Crippen molar-refractivity contribution in [2.24, 2.45) is 5.73 Å². The van der Waals surface area contributed by atoms with Gasteiger partial charge in [0.2, 0.25) is 0 Å². The average molecular weight is 305 g/mol. The Balaban J connectivity index is 1.85. The number of hydrogen-bond acceptors (Lipinski definition) is 4. The summed E-state index contributed by atoms with van der Waals surface area (Å²) in [7, 11) is 0. The van der Waals surface area contributed by atoms with Crippen LogP contribution in [0.1, 0.15) is 22.5 Å². The second-order valence-corrected chi connectivity index (χ2v) is 6.07. The maximum atomic E-state index is 13.8. The molecule has 1 amide bonds. The molecule has 1 saturated heterocycles. The molecule has 1 aromatic carbocycles. The number of carbonyl (C=O) groups excluding carboxylic acids is 1. The van der Waals surface area contributed by atoms with E-state index in [0.29, 0.717) is 22.0 Å². The van der Waals surface area contributed by atoms with Crippen LogP contribution in [0, 0.1) is 5.82 Å². The van der Waals surface area contributed by atoms with Crippen LogP contribution in [0.3, 0.4) is 0 Å². The number of carbonyl (C=O) groups is 1. The smallest absolute Gasteiger partial charge is 0.265 e. The van der Waals surface area contributed by atoms with Gasteiger partial charge in [-0.3, -0.25) is 4.79 Å². The number of rotatable bonds is 3. The zero-order valence-corrected chi connectivity index (χ0v) is 12.3. The highest BCUT2D eigenvalue weighted by Gasteiger charge is 2.29. The third kappa shape index (κ3) is 2.69. The van der Waals surface area contributed by atoms with E-state index in [1.165, 1.54) is 23.6 Å². The summed E-state index contributed by atoms with van der Waals surface area (Å²) in [6, 6.07) is 6.56. The monoisotopic (exact) mass is 305 g/mol. The van der Waals surface area contributed by atoms with Crippen molar-refractivity contribution >= 4 is 17.2 Å². The van der Waals surface area contributed by atoms with Gasteiger partial charge in [0.25, 0.3) is 5.91 Å². The molecule has 21 heavy (non-hydrogen) atoms. The number of nitrogens with two attached hydrogens (primary N) is 1. The van der Waals surface area contributed by atoms with E-state index in [2.05, 4.69) is 4.98 Å². The molecule has 1 fully saturated rings. The van der Waals surface area contributed by atoms with Crippen molar-refractivity contribution in [1.82, 2.24) is 9.88 Å². The lowest BCUT2D eigenvalue weighted by Gasteiger charge is -2.22. The highest BCUT2D eigenvalue weighted by atomic mass is 32.1. The van der Waals surface area contributed by atoms with E-state index >= 15 is 0 Å². The Hall–Kier alpha value is -1.79. The van der Waals surface area contributed by atoms with Gasteiger partial charge in [-0.1, -0.05) is 12.1 Å². The van der Waals surface area contributed by atoms with Crippen LogP contribution in [0.5, 0.6) is 0 Å². The molecule has 2 N–H and O–H groups in total. The zero-order chi connectivity index (χ0) is 14.8. The first kappa shape index (κ1) is 14.2. The van der Waals surface area contributed by atoms with Crippen molar-refractivity contribution in [3.8, 4) is 10.6 Å². The van der Waals surface area contributed by atoms with Gasteiger partial charge >= 0.3 is 0 Å². The summed E-state index contributed by atoms with van der Waals surface area (Å²) < 4.78 is 13.8. The van der Waals surface area contributed by atoms with Gasteiger partial charge < -0.3 is 10.6 Å². The van der Waals surface area contributed by atoms with E-state index in [4.69, 9.17) is 5.73 Å². The van der Waals surface area contributed by atoms with Crippen molar-refractivity contribution in [1.29, 1.82) is 0 Å². The SMILES string of the molecule is NC[C@H]1CCCN1C(=O)c1cnc(-c2ccccc2F)s1. The fraction of sp³-hybridized carbons (Fsp3) is 0.333. The van der Waals surface area contributed by atoms with Crippen LogP contribution < -0.4 is 5.73 Å². The van der Waals surface area contributed by atoms with Gasteiger partial charge in [-0.2, -0.15) is 0 Å². The Kier molecular flexibility index (Phi) is 3.98. The van der Waals surface area contributed by atoms with E-state index in [9.17, 15) is 9.18 Å². The number of halogens is 1. The molecule has 0 unspecified atom stereocenters. The molecule has 0 spiro atoms. The number of nitrogens with zero attached hydrogens (tertiary/aromatic N) is 2. The van der Waals surface area contributed by atoms with Crippen LogP contribution in [0.2, 0.25) is 0 Å². The van der Waals surface area contributed by atoms with Gasteiger partial charge in [-0.15, -0.1) is 11.3 Å². The van der Waals surface area contributed by atoms with E-state index in [-0.39, 0.29) is 17.8 Å². The lowest BCUT2D eigenvalue weighted by molar-refractivity contribution is 0.0746. The van der Waals surface area contributed by atoms with Gasteiger partial charge in [0.15, 0.2) is 0 Å². The molecule has 1 atom stereocenters. The predicted octanol–water partition coefficient (Wildman–Crippen LogP) is 2.51. The largest absolute Gasteiger partial charge is 0.334 e. The number of thiazole rings is 1. The summed E-state index contributed by atoms with van der Waals surface area (Å²) in [5.74, 6) is -0.380. The van der Waals surface area contributed by atoms with Gasteiger partial charge in [0, 0.05) is 24.7 Å². The highest BCUT2D eigenvalue weighted by Crippen LogP contribution is 2.29. The first-order chi connectivity index (χ1) is 10.2. The molecular weight excluding hydrogens is 289 g/mol. The van der Waals surface area contributed by atoms with E-state index < -0.39 is 0 Å². The Morgan fingerprint density at radius 1 is 1.48 bits per heavy atom. The molecule has 1 aliphatic heterocycles. The molecule has 2 heterocycles. The maximum Gasteiger partial charge on any atom is 0.265 e. The Bertz CT molecular complexity index is 658. The number of aromatic nitrogens is 1. The maximum absolute atomic E-state index is 13.8. The average Bonchev–Trinajstić information content (AvgIpc) is 3.16. The van der Waals surface area contributed by atoms with Crippen LogP contribution in [0.4, 0.5) is 4.39 Å². The van der Waals surface area contributed by atoms with Gasteiger partial charge in [-0.25, -0.2) is 9.37 Å². The molecule has 0 saturated carbocycles. The molecule has 0 aliphatic carbocycles. The van der Waals surface area contributed by atoms with Crippen molar-refractivity contribution in [3.63, 3.8) is 0 Å². The molecular formula is C15H16FN3OS. The first-order valence-electron chi connectivity index (χ1n) is 6.92. The molecule has 3 rings (SSSR count). The minimum Gasteiger partial charge on any atom is -0.334 e. The second-order valence-electron chi connectivity index (χ2n) is 5.04. The number of amides is 1. The second kappa shape index (κ2) is 5.91. The minimum atomic E-state index is -0.327. The van der Waals surface area contributed by atoms with Crippen molar-refractivity contribution in [3.05, 3.63) is 41.2 Å². The van der Waals surface area contributed by atoms with Gasteiger partial charge in [-0.05, 0) is 25.0 Å². The van der Waals surface area contributed by atoms with Gasteiger partial charge in [0.05, 0.1) is 6.20 Å². The fourth-order valence-electron chi connectivity index (χ4n) is 2.62. The summed E-state index contributed by atoms with van der Waals surface area (Å²) >= 11 is 1.22. The first-order valence-corrected chi connectivity index (χ1v) is 7.74. The van der Waals surface area contributed by atoms with Crippen LogP contribution in [-0.2, 0) is 0 Å². The number of hydrogen-bond donors (Lipinski definition) is 1. The Labute approximate surface area is 126 Å². The summed E-state index contributed by atoms with van der Waals surface area (Å²) in [5, 5.41) is 0.528. The molecule has 2 aromatic rings. The van der Waals surface area contributed by atoms with Crippen molar-refractivity contribution in [2.45, 2.75) is 18.9 Å². The van der Waals surface area contributed by atoms with Crippen molar-refractivity contribution in [2.75, 3.05) is 13.1 Å². The van der Waals surface area contributed by atoms with E-state index in [0.717, 1.165) is 19.4 Å². The standard InChI is InChI=1S/C15H16FN3OS/c16-12-6-2-1-5-11(12)14-18-9-13(21-14)15(20)19-7-3-4-10(19)8-17/h1-2,5-6,9-10H,3-4,7-8,17H2/t10-/m1/s1. The normalized spacial score (nSPS) is 18.2. The lowest BCUT2D eigenvalue weighted by Crippen LogP contribution is -2.39. The number of benzene rings is 1. The molecule has 1 aliphatic rings. The molecule has 0 radical (unpaired) electrons. The quantitative estimate of drug-likeness (QED) is 0.948. The molecule has 1 aromatic heterocycles. The highest BCUT2D eigenvalue weighted by molar-refractivity contribution is 7.16. The Morgan fingerprint density at radius 3 is 3.05 bits per heavy atom. The fourth-order valence-corrected chi connectivity index (χ4v) is 3.52. The minimum absolute atomic E-state index is 0.0527. The van der Waals surface area contributed by atoms with Crippen LogP contribution in [-0.4, -0.2) is 34.9 Å². The zero-order valence-electron chi connectivity index (χ0n) is 11.5. The summed E-state index contributed by atoms with van der Waals surface area (Å²) in [6.45, 7) is 1.21. The van der Waals surface area contributed by atoms with Crippen LogP contribution in [0.25, 0.3) is 10.6 Å². The lowest BCUT2D eigenvalue weighted by atomic mass is 10.2. The molecule has 4 nitrogen and oxygen atoms in total. The van der Waals surface area contributed by atoms with Gasteiger partial charge in [0.1, 0.15) is 15.7 Å². The number of likely N-dealkylation sites (tertiary alicyclic amines) is 1. The Morgan fingerprint density at radius 2 is 2.29 bits per heavy atom. The summed E-state index contributed by atoms with van der Waals surface area (Å²) in [5.41, 5.74) is 6.13. The van der Waals surface area contributed by atoms with Crippen LogP contribution in [0.15, 0.2) is 30.5 Å². The molecule has 110 valence electrons.